The molecule has 0 aliphatic rings. The first-order valence-corrected chi connectivity index (χ1v) is 7.09. The molecule has 0 fully saturated rings. The summed E-state index contributed by atoms with van der Waals surface area (Å²) in [7, 11) is 2.89. The van der Waals surface area contributed by atoms with E-state index in [1.165, 1.54) is 18.4 Å². The molecule has 0 atom stereocenters. The van der Waals surface area contributed by atoms with E-state index < -0.39 is 5.97 Å². The zero-order valence-corrected chi connectivity index (χ0v) is 12.3. The Hall–Kier alpha value is -2.40. The largest absolute Gasteiger partial charge is 0.497 e. The minimum atomic E-state index is -0.441. The van der Waals surface area contributed by atoms with Gasteiger partial charge in [-0.3, -0.25) is 4.79 Å². The van der Waals surface area contributed by atoms with Crippen molar-refractivity contribution in [2.75, 3.05) is 14.2 Å². The van der Waals surface area contributed by atoms with Crippen molar-refractivity contribution in [3.63, 3.8) is 0 Å². The highest BCUT2D eigenvalue weighted by atomic mass is 32.1. The quantitative estimate of drug-likeness (QED) is 0.538. The number of rotatable bonds is 2. The predicted molar refractivity (Wildman–Crippen MR) is 83.5 cm³/mol. The highest BCUT2D eigenvalue weighted by molar-refractivity contribution is 7.24. The lowest BCUT2D eigenvalue weighted by Crippen LogP contribution is -2.06. The van der Waals surface area contributed by atoms with E-state index in [1.807, 2.05) is 6.07 Å². The highest BCUT2D eigenvalue weighted by Gasteiger charge is 2.14. The first kappa shape index (κ1) is 13.6. The molecular formula is C16H12O4S. The van der Waals surface area contributed by atoms with Gasteiger partial charge in [-0.1, -0.05) is 6.07 Å². The van der Waals surface area contributed by atoms with E-state index in [2.05, 4.69) is 0 Å². The van der Waals surface area contributed by atoms with Crippen molar-refractivity contribution >= 4 is 37.5 Å². The second-order valence-electron chi connectivity index (χ2n) is 4.47. The van der Waals surface area contributed by atoms with Crippen molar-refractivity contribution in [3.05, 3.63) is 52.2 Å². The predicted octanol–water partition coefficient (Wildman–Crippen LogP) is 3.21. The van der Waals surface area contributed by atoms with E-state index in [-0.39, 0.29) is 5.43 Å². The van der Waals surface area contributed by atoms with Gasteiger partial charge in [0.1, 0.15) is 5.75 Å². The third kappa shape index (κ3) is 2.15. The minimum Gasteiger partial charge on any atom is -0.497 e. The monoisotopic (exact) mass is 300 g/mol. The minimum absolute atomic E-state index is 0.108. The van der Waals surface area contributed by atoms with E-state index in [0.29, 0.717) is 26.8 Å². The molecule has 0 aliphatic carbocycles. The summed E-state index contributed by atoms with van der Waals surface area (Å²) in [5.74, 6) is 0.194. The molecule has 3 aromatic rings. The number of benzene rings is 2. The third-order valence-corrected chi connectivity index (χ3v) is 4.53. The lowest BCUT2D eigenvalue weighted by atomic mass is 10.1. The number of carbonyl (C=O) groups is 1. The smallest absolute Gasteiger partial charge is 0.339 e. The molecule has 0 amide bonds. The van der Waals surface area contributed by atoms with E-state index in [9.17, 15) is 9.59 Å². The lowest BCUT2D eigenvalue weighted by Gasteiger charge is -2.06. The van der Waals surface area contributed by atoms with Crippen LogP contribution in [0.3, 0.4) is 0 Å². The molecule has 3 rings (SSSR count). The summed E-state index contributed by atoms with van der Waals surface area (Å²) < 4.78 is 11.4. The molecule has 21 heavy (non-hydrogen) atoms. The van der Waals surface area contributed by atoms with Crippen LogP contribution in [0.1, 0.15) is 10.4 Å². The zero-order chi connectivity index (χ0) is 15.0. The van der Waals surface area contributed by atoms with Crippen LogP contribution in [0, 0.1) is 0 Å². The molecule has 0 bridgehead atoms. The SMILES string of the molecule is COC(=O)c1cccc2c(=O)c3cc(OC)ccc3sc12. The zero-order valence-electron chi connectivity index (χ0n) is 11.5. The second kappa shape index (κ2) is 5.18. The Morgan fingerprint density at radius 2 is 1.90 bits per heavy atom. The number of methoxy groups -OCH3 is 2. The first-order chi connectivity index (χ1) is 10.2. The second-order valence-corrected chi connectivity index (χ2v) is 5.52. The molecule has 5 heteroatoms. The average molecular weight is 300 g/mol. The number of fused-ring (bicyclic) bond motifs is 2. The van der Waals surface area contributed by atoms with Crippen LogP contribution in [-0.4, -0.2) is 20.2 Å². The Morgan fingerprint density at radius 1 is 1.10 bits per heavy atom. The standard InChI is InChI=1S/C16H12O4S/c1-19-9-6-7-13-12(8-9)14(17)10-4-3-5-11(15(10)21-13)16(18)20-2/h3-8H,1-2H3. The Morgan fingerprint density at radius 3 is 2.62 bits per heavy atom. The molecule has 0 aliphatic heterocycles. The molecule has 106 valence electrons. The van der Waals surface area contributed by atoms with Crippen molar-refractivity contribution in [2.45, 2.75) is 0 Å². The highest BCUT2D eigenvalue weighted by Crippen LogP contribution is 2.29. The van der Waals surface area contributed by atoms with Gasteiger partial charge < -0.3 is 9.47 Å². The molecule has 1 heterocycles. The van der Waals surface area contributed by atoms with Crippen LogP contribution < -0.4 is 10.2 Å². The van der Waals surface area contributed by atoms with Crippen LogP contribution >= 0.6 is 11.3 Å². The summed E-state index contributed by atoms with van der Waals surface area (Å²) in [5.41, 5.74) is 0.304. The summed E-state index contributed by atoms with van der Waals surface area (Å²) in [6.45, 7) is 0. The maximum absolute atomic E-state index is 12.6. The van der Waals surface area contributed by atoms with E-state index >= 15 is 0 Å². The van der Waals surface area contributed by atoms with Crippen LogP contribution in [0.4, 0.5) is 0 Å². The summed E-state index contributed by atoms with van der Waals surface area (Å²) in [5, 5.41) is 1.11. The number of carbonyl (C=O) groups excluding carboxylic acids is 1. The summed E-state index contributed by atoms with van der Waals surface area (Å²) in [4.78, 5) is 24.5. The van der Waals surface area contributed by atoms with Gasteiger partial charge in [-0.05, 0) is 30.3 Å². The Balaban J connectivity index is 2.44. The Labute approximate surface area is 124 Å². The van der Waals surface area contributed by atoms with Crippen molar-refractivity contribution in [1.29, 1.82) is 0 Å². The van der Waals surface area contributed by atoms with Crippen molar-refractivity contribution in [2.24, 2.45) is 0 Å². The van der Waals surface area contributed by atoms with E-state index in [1.54, 1.807) is 37.4 Å². The maximum atomic E-state index is 12.6. The number of ether oxygens (including phenoxy) is 2. The van der Waals surface area contributed by atoms with Crippen molar-refractivity contribution in [1.82, 2.24) is 0 Å². The van der Waals surface area contributed by atoms with Gasteiger partial charge >= 0.3 is 5.97 Å². The van der Waals surface area contributed by atoms with E-state index in [0.717, 1.165) is 4.70 Å². The first-order valence-electron chi connectivity index (χ1n) is 6.27. The number of hydrogen-bond acceptors (Lipinski definition) is 5. The molecule has 0 saturated carbocycles. The summed E-state index contributed by atoms with van der Waals surface area (Å²) in [6.07, 6.45) is 0. The Bertz CT molecular complexity index is 911. The fraction of sp³-hybridized carbons (Fsp3) is 0.125. The molecule has 0 saturated heterocycles. The fourth-order valence-electron chi connectivity index (χ4n) is 2.25. The van der Waals surface area contributed by atoms with Gasteiger partial charge in [0, 0.05) is 15.5 Å². The number of esters is 1. The molecule has 2 aromatic carbocycles. The number of hydrogen-bond donors (Lipinski definition) is 0. The molecule has 0 unspecified atom stereocenters. The van der Waals surface area contributed by atoms with Crippen LogP contribution in [0.5, 0.6) is 5.75 Å². The van der Waals surface area contributed by atoms with Gasteiger partial charge in [0.05, 0.1) is 24.5 Å². The Kier molecular flexibility index (Phi) is 3.35. The van der Waals surface area contributed by atoms with Gasteiger partial charge in [0.15, 0.2) is 5.43 Å². The van der Waals surface area contributed by atoms with Crippen LogP contribution in [0.2, 0.25) is 0 Å². The summed E-state index contributed by atoms with van der Waals surface area (Å²) in [6, 6.07) is 10.4. The average Bonchev–Trinajstić information content (AvgIpc) is 2.53. The topological polar surface area (TPSA) is 52.6 Å². The fourth-order valence-corrected chi connectivity index (χ4v) is 3.40. The van der Waals surface area contributed by atoms with Crippen molar-refractivity contribution in [3.8, 4) is 5.75 Å². The maximum Gasteiger partial charge on any atom is 0.339 e. The van der Waals surface area contributed by atoms with Crippen LogP contribution in [-0.2, 0) is 4.74 Å². The molecule has 0 N–H and O–H groups in total. The lowest BCUT2D eigenvalue weighted by molar-refractivity contribution is 0.0603. The van der Waals surface area contributed by atoms with Gasteiger partial charge in [-0.2, -0.15) is 0 Å². The van der Waals surface area contributed by atoms with Gasteiger partial charge in [0.2, 0.25) is 0 Å². The molecule has 0 radical (unpaired) electrons. The molecule has 4 nitrogen and oxygen atoms in total. The normalized spacial score (nSPS) is 10.8. The van der Waals surface area contributed by atoms with Crippen LogP contribution in [0.25, 0.3) is 20.2 Å². The van der Waals surface area contributed by atoms with Crippen LogP contribution in [0.15, 0.2) is 41.2 Å². The molecule has 1 aromatic heterocycles. The molecular weight excluding hydrogens is 288 g/mol. The van der Waals surface area contributed by atoms with Gasteiger partial charge in [-0.25, -0.2) is 4.79 Å². The van der Waals surface area contributed by atoms with E-state index in [4.69, 9.17) is 9.47 Å². The molecule has 0 spiro atoms. The third-order valence-electron chi connectivity index (χ3n) is 3.31. The van der Waals surface area contributed by atoms with Crippen molar-refractivity contribution < 1.29 is 14.3 Å². The van der Waals surface area contributed by atoms with Gasteiger partial charge in [-0.15, -0.1) is 11.3 Å². The van der Waals surface area contributed by atoms with Gasteiger partial charge in [0.25, 0.3) is 0 Å². The summed E-state index contributed by atoms with van der Waals surface area (Å²) >= 11 is 1.40.